The summed E-state index contributed by atoms with van der Waals surface area (Å²) in [7, 11) is 0. The Bertz CT molecular complexity index is 521. The SMILES string of the molecule is CCOC(=O)[C@H](CCC1CCNCC1)N[C@@H](C)C(=O)N1CCC[C@H]1C(=O)O. The molecule has 2 heterocycles. The maximum Gasteiger partial charge on any atom is 0.326 e. The van der Waals surface area contributed by atoms with Crippen molar-refractivity contribution in [3.8, 4) is 0 Å². The first-order valence-electron chi connectivity index (χ1n) is 10.1. The molecule has 8 nitrogen and oxygen atoms in total. The van der Waals surface area contributed by atoms with Crippen LogP contribution in [0.2, 0.25) is 0 Å². The van der Waals surface area contributed by atoms with E-state index in [0.717, 1.165) is 32.4 Å². The summed E-state index contributed by atoms with van der Waals surface area (Å²) in [6.45, 7) is 6.19. The second kappa shape index (κ2) is 10.6. The van der Waals surface area contributed by atoms with Crippen molar-refractivity contribution in [1.29, 1.82) is 0 Å². The average Bonchev–Trinajstić information content (AvgIpc) is 3.15. The molecule has 2 aliphatic heterocycles. The van der Waals surface area contributed by atoms with E-state index in [1.807, 2.05) is 0 Å². The predicted octanol–water partition coefficient (Wildman–Crippen LogP) is 0.752. The zero-order valence-corrected chi connectivity index (χ0v) is 16.4. The van der Waals surface area contributed by atoms with Gasteiger partial charge in [-0.15, -0.1) is 0 Å². The molecule has 0 aromatic rings. The van der Waals surface area contributed by atoms with Crippen LogP contribution in [0.15, 0.2) is 0 Å². The van der Waals surface area contributed by atoms with Crippen molar-refractivity contribution in [2.24, 2.45) is 5.92 Å². The third-order valence-electron chi connectivity index (χ3n) is 5.54. The number of rotatable bonds is 9. The topological polar surface area (TPSA) is 108 Å². The molecule has 27 heavy (non-hydrogen) atoms. The molecule has 0 unspecified atom stereocenters. The standard InChI is InChI=1S/C19H33N3O5/c1-3-27-19(26)15(7-6-14-8-10-20-11-9-14)21-13(2)17(23)22-12-4-5-16(22)18(24)25/h13-16,20-21H,3-12H2,1-2H3,(H,24,25)/t13-,15-,16-/m0/s1. The molecule has 3 atom stereocenters. The number of ether oxygens (including phenoxy) is 1. The fourth-order valence-electron chi connectivity index (χ4n) is 3.99. The van der Waals surface area contributed by atoms with E-state index in [1.54, 1.807) is 13.8 Å². The number of hydrogen-bond donors (Lipinski definition) is 3. The number of carbonyl (C=O) groups is 3. The summed E-state index contributed by atoms with van der Waals surface area (Å²) in [6.07, 6.45) is 4.87. The number of amides is 1. The summed E-state index contributed by atoms with van der Waals surface area (Å²) in [4.78, 5) is 37.8. The van der Waals surface area contributed by atoms with Crippen molar-refractivity contribution < 1.29 is 24.2 Å². The zero-order valence-electron chi connectivity index (χ0n) is 16.4. The molecule has 0 bridgehead atoms. The average molecular weight is 383 g/mol. The molecule has 1 amide bonds. The van der Waals surface area contributed by atoms with E-state index in [9.17, 15) is 19.5 Å². The number of hydrogen-bond acceptors (Lipinski definition) is 6. The third-order valence-corrected chi connectivity index (χ3v) is 5.54. The molecule has 2 aliphatic rings. The summed E-state index contributed by atoms with van der Waals surface area (Å²) < 4.78 is 5.18. The Morgan fingerprint density at radius 2 is 1.96 bits per heavy atom. The number of carboxylic acid groups (broad SMARTS) is 1. The molecule has 2 fully saturated rings. The first-order chi connectivity index (χ1) is 12.9. The van der Waals surface area contributed by atoms with Crippen LogP contribution in [0.5, 0.6) is 0 Å². The lowest BCUT2D eigenvalue weighted by molar-refractivity contribution is -0.150. The molecule has 0 aromatic carbocycles. The Morgan fingerprint density at radius 3 is 2.59 bits per heavy atom. The molecule has 2 rings (SSSR count). The Kier molecular flexibility index (Phi) is 8.50. The van der Waals surface area contributed by atoms with Crippen LogP contribution in [0, 0.1) is 5.92 Å². The number of nitrogens with one attached hydrogen (secondary N) is 2. The molecule has 3 N–H and O–H groups in total. The Balaban J connectivity index is 1.94. The van der Waals surface area contributed by atoms with Gasteiger partial charge in [0.25, 0.3) is 0 Å². The molecular weight excluding hydrogens is 350 g/mol. The highest BCUT2D eigenvalue weighted by Crippen LogP contribution is 2.21. The lowest BCUT2D eigenvalue weighted by Crippen LogP contribution is -2.53. The fraction of sp³-hybridized carbons (Fsp3) is 0.842. The number of carboxylic acids is 1. The second-order valence-corrected chi connectivity index (χ2v) is 7.49. The highest BCUT2D eigenvalue weighted by molar-refractivity contribution is 5.88. The van der Waals surface area contributed by atoms with Gasteiger partial charge in [-0.2, -0.15) is 0 Å². The van der Waals surface area contributed by atoms with E-state index in [2.05, 4.69) is 10.6 Å². The van der Waals surface area contributed by atoms with Crippen molar-refractivity contribution in [2.45, 2.75) is 70.5 Å². The van der Waals surface area contributed by atoms with Gasteiger partial charge in [-0.05, 0) is 71.4 Å². The van der Waals surface area contributed by atoms with Gasteiger partial charge in [-0.3, -0.25) is 14.9 Å². The maximum absolute atomic E-state index is 12.7. The van der Waals surface area contributed by atoms with Gasteiger partial charge in [0.15, 0.2) is 0 Å². The quantitative estimate of drug-likeness (QED) is 0.504. The molecule has 0 spiro atoms. The minimum Gasteiger partial charge on any atom is -0.480 e. The van der Waals surface area contributed by atoms with Gasteiger partial charge < -0.3 is 20.1 Å². The number of likely N-dealkylation sites (tertiary alicyclic amines) is 1. The molecule has 0 aliphatic carbocycles. The van der Waals surface area contributed by atoms with E-state index >= 15 is 0 Å². The molecule has 154 valence electrons. The van der Waals surface area contributed by atoms with Crippen LogP contribution >= 0.6 is 0 Å². The maximum atomic E-state index is 12.7. The largest absolute Gasteiger partial charge is 0.480 e. The number of nitrogens with zero attached hydrogens (tertiary/aromatic N) is 1. The first kappa shape index (κ1) is 21.6. The Hall–Kier alpha value is -1.67. The molecular formula is C19H33N3O5. The summed E-state index contributed by atoms with van der Waals surface area (Å²) in [5.41, 5.74) is 0. The fourth-order valence-corrected chi connectivity index (χ4v) is 3.99. The van der Waals surface area contributed by atoms with E-state index < -0.39 is 24.1 Å². The minimum atomic E-state index is -0.971. The van der Waals surface area contributed by atoms with Crippen molar-refractivity contribution in [2.75, 3.05) is 26.2 Å². The number of aliphatic carboxylic acids is 1. The summed E-state index contributed by atoms with van der Waals surface area (Å²) in [6, 6.07) is -1.95. The van der Waals surface area contributed by atoms with Crippen LogP contribution in [0.1, 0.15) is 52.4 Å². The normalized spacial score (nSPS) is 23.0. The highest BCUT2D eigenvalue weighted by Gasteiger charge is 2.37. The number of carbonyl (C=O) groups excluding carboxylic acids is 2. The molecule has 8 heteroatoms. The van der Waals surface area contributed by atoms with Gasteiger partial charge in [0, 0.05) is 6.54 Å². The monoisotopic (exact) mass is 383 g/mol. The van der Waals surface area contributed by atoms with Crippen LogP contribution in [-0.4, -0.2) is 72.2 Å². The predicted molar refractivity (Wildman–Crippen MR) is 100 cm³/mol. The lowest BCUT2D eigenvalue weighted by Gasteiger charge is -2.29. The van der Waals surface area contributed by atoms with Gasteiger partial charge >= 0.3 is 11.9 Å². The molecule has 0 saturated carbocycles. The lowest BCUT2D eigenvalue weighted by atomic mass is 9.91. The van der Waals surface area contributed by atoms with Crippen LogP contribution in [0.4, 0.5) is 0 Å². The molecule has 0 aromatic heterocycles. The van der Waals surface area contributed by atoms with E-state index in [-0.39, 0.29) is 11.9 Å². The van der Waals surface area contributed by atoms with Crippen molar-refractivity contribution >= 4 is 17.8 Å². The summed E-state index contributed by atoms with van der Waals surface area (Å²) in [5.74, 6) is -1.01. The smallest absolute Gasteiger partial charge is 0.326 e. The van der Waals surface area contributed by atoms with Gasteiger partial charge in [-0.1, -0.05) is 0 Å². The van der Waals surface area contributed by atoms with Gasteiger partial charge in [0.05, 0.1) is 12.6 Å². The van der Waals surface area contributed by atoms with E-state index in [0.29, 0.717) is 38.3 Å². The van der Waals surface area contributed by atoms with E-state index in [4.69, 9.17) is 4.74 Å². The molecule has 2 saturated heterocycles. The van der Waals surface area contributed by atoms with Crippen LogP contribution in [-0.2, 0) is 19.1 Å². The van der Waals surface area contributed by atoms with Gasteiger partial charge in [0.1, 0.15) is 12.1 Å². The minimum absolute atomic E-state index is 0.268. The van der Waals surface area contributed by atoms with Crippen LogP contribution in [0.3, 0.4) is 0 Å². The highest BCUT2D eigenvalue weighted by atomic mass is 16.5. The van der Waals surface area contributed by atoms with Gasteiger partial charge in [-0.25, -0.2) is 4.79 Å². The van der Waals surface area contributed by atoms with Crippen molar-refractivity contribution in [3.63, 3.8) is 0 Å². The van der Waals surface area contributed by atoms with Crippen molar-refractivity contribution in [1.82, 2.24) is 15.5 Å². The van der Waals surface area contributed by atoms with Crippen LogP contribution < -0.4 is 10.6 Å². The molecule has 0 radical (unpaired) electrons. The number of piperidine rings is 1. The van der Waals surface area contributed by atoms with Crippen molar-refractivity contribution in [3.05, 3.63) is 0 Å². The summed E-state index contributed by atoms with van der Waals surface area (Å²) >= 11 is 0. The van der Waals surface area contributed by atoms with E-state index in [1.165, 1.54) is 4.90 Å². The van der Waals surface area contributed by atoms with Crippen LogP contribution in [0.25, 0.3) is 0 Å². The third kappa shape index (κ3) is 6.17. The first-order valence-corrected chi connectivity index (χ1v) is 10.1. The number of esters is 1. The zero-order chi connectivity index (χ0) is 19.8. The van der Waals surface area contributed by atoms with Gasteiger partial charge in [0.2, 0.25) is 5.91 Å². The second-order valence-electron chi connectivity index (χ2n) is 7.49. The Labute approximate surface area is 161 Å². The Morgan fingerprint density at radius 1 is 1.26 bits per heavy atom. The summed E-state index contributed by atoms with van der Waals surface area (Å²) in [5, 5.41) is 15.7.